The second kappa shape index (κ2) is 12.2. The van der Waals surface area contributed by atoms with E-state index < -0.39 is 17.9 Å². The molecular weight excluding hydrogens is 471 g/mol. The number of aryl methyl sites for hydroxylation is 1. The Morgan fingerprint density at radius 3 is 2.24 bits per heavy atom. The van der Waals surface area contributed by atoms with Crippen molar-refractivity contribution in [1.82, 2.24) is 5.32 Å². The van der Waals surface area contributed by atoms with E-state index in [2.05, 4.69) is 16.0 Å². The van der Waals surface area contributed by atoms with E-state index >= 15 is 0 Å². The molecule has 0 heterocycles. The number of hydrogen-bond acceptors (Lipinski definition) is 3. The van der Waals surface area contributed by atoms with E-state index in [1.54, 1.807) is 42.5 Å². The molecule has 188 valence electrons. The average molecular weight is 499 g/mol. The van der Waals surface area contributed by atoms with Gasteiger partial charge in [-0.3, -0.25) is 4.90 Å². The number of nitrogens with zero attached hydrogens (tertiary/aromatic N) is 1. The average Bonchev–Trinajstić information content (AvgIpc) is 2.89. The molecule has 4 rings (SSSR count). The molecule has 0 aromatic heterocycles. The number of amides is 4. The number of carbonyl (C=O) groups is 2. The van der Waals surface area contributed by atoms with Crippen molar-refractivity contribution in [2.24, 2.45) is 0 Å². The van der Waals surface area contributed by atoms with E-state index in [1.165, 1.54) is 17.0 Å². The Morgan fingerprint density at radius 2 is 1.51 bits per heavy atom. The minimum atomic E-state index is -0.543. The second-order valence-corrected chi connectivity index (χ2v) is 8.22. The van der Waals surface area contributed by atoms with Crippen molar-refractivity contribution in [3.8, 4) is 11.5 Å². The molecule has 37 heavy (non-hydrogen) atoms. The highest BCUT2D eigenvalue weighted by molar-refractivity contribution is 6.02. The van der Waals surface area contributed by atoms with Crippen LogP contribution in [-0.2, 0) is 0 Å². The molecule has 0 aliphatic carbocycles. The summed E-state index contributed by atoms with van der Waals surface area (Å²) in [5.41, 5.74) is 2.30. The lowest BCUT2D eigenvalue weighted by Crippen LogP contribution is -2.42. The Morgan fingerprint density at radius 1 is 0.811 bits per heavy atom. The standard InChI is InChI=1S/C29H27FN4O3/c1-21-8-7-9-22(20-21)32-28(35)31-18-19-34(29(36)33-27-13-6-5-12-26(27)30)23-14-16-25(17-15-23)37-24-10-3-2-4-11-24/h2-17,20H,18-19H2,1H3,(H,33,36)(H2,31,32,35). The number of hydrogen-bond donors (Lipinski definition) is 3. The minimum Gasteiger partial charge on any atom is -0.457 e. The summed E-state index contributed by atoms with van der Waals surface area (Å²) in [6.07, 6.45) is 0. The maximum Gasteiger partial charge on any atom is 0.326 e. The van der Waals surface area contributed by atoms with Crippen molar-refractivity contribution in [3.63, 3.8) is 0 Å². The van der Waals surface area contributed by atoms with Gasteiger partial charge in [-0.05, 0) is 73.2 Å². The highest BCUT2D eigenvalue weighted by Crippen LogP contribution is 2.25. The van der Waals surface area contributed by atoms with Gasteiger partial charge < -0.3 is 20.7 Å². The van der Waals surface area contributed by atoms with Gasteiger partial charge in [-0.15, -0.1) is 0 Å². The molecule has 0 aliphatic heterocycles. The fourth-order valence-electron chi connectivity index (χ4n) is 3.59. The Hall–Kier alpha value is -4.85. The second-order valence-electron chi connectivity index (χ2n) is 8.22. The fourth-order valence-corrected chi connectivity index (χ4v) is 3.59. The van der Waals surface area contributed by atoms with Crippen LogP contribution in [-0.4, -0.2) is 25.2 Å². The minimum absolute atomic E-state index is 0.0617. The van der Waals surface area contributed by atoms with E-state index in [4.69, 9.17) is 4.74 Å². The van der Waals surface area contributed by atoms with Crippen LogP contribution in [0.2, 0.25) is 0 Å². The molecule has 7 nitrogen and oxygen atoms in total. The zero-order chi connectivity index (χ0) is 26.0. The highest BCUT2D eigenvalue weighted by Gasteiger charge is 2.18. The molecule has 0 spiro atoms. The van der Waals surface area contributed by atoms with Crippen LogP contribution < -0.4 is 25.6 Å². The van der Waals surface area contributed by atoms with Crippen LogP contribution in [0.1, 0.15) is 5.56 Å². The van der Waals surface area contributed by atoms with Gasteiger partial charge >= 0.3 is 12.1 Å². The molecule has 8 heteroatoms. The first-order valence-electron chi connectivity index (χ1n) is 11.8. The van der Waals surface area contributed by atoms with Crippen LogP contribution in [0.4, 0.5) is 31.0 Å². The van der Waals surface area contributed by atoms with Gasteiger partial charge in [0.15, 0.2) is 0 Å². The SMILES string of the molecule is Cc1cccc(NC(=O)NCCN(C(=O)Nc2ccccc2F)c2ccc(Oc3ccccc3)cc2)c1. The van der Waals surface area contributed by atoms with Gasteiger partial charge in [0.1, 0.15) is 17.3 Å². The third-order valence-corrected chi connectivity index (χ3v) is 5.38. The van der Waals surface area contributed by atoms with E-state index in [9.17, 15) is 14.0 Å². The van der Waals surface area contributed by atoms with Gasteiger partial charge in [-0.1, -0.05) is 42.5 Å². The van der Waals surface area contributed by atoms with Gasteiger partial charge in [0.2, 0.25) is 0 Å². The summed E-state index contributed by atoms with van der Waals surface area (Å²) in [7, 11) is 0. The number of benzene rings is 4. The van der Waals surface area contributed by atoms with Crippen LogP contribution in [0, 0.1) is 12.7 Å². The predicted molar refractivity (Wildman–Crippen MR) is 144 cm³/mol. The first-order valence-corrected chi connectivity index (χ1v) is 11.8. The molecule has 0 aliphatic rings. The van der Waals surface area contributed by atoms with Gasteiger partial charge in [0.05, 0.1) is 5.69 Å². The normalized spacial score (nSPS) is 10.3. The van der Waals surface area contributed by atoms with E-state index in [0.29, 0.717) is 22.9 Å². The molecule has 4 aromatic rings. The Kier molecular flexibility index (Phi) is 8.33. The summed E-state index contributed by atoms with van der Waals surface area (Å²) in [6, 6.07) is 28.7. The van der Waals surface area contributed by atoms with E-state index in [1.807, 2.05) is 55.5 Å². The Bertz CT molecular complexity index is 1350. The molecule has 0 saturated heterocycles. The first-order chi connectivity index (χ1) is 18.0. The van der Waals surface area contributed by atoms with Crippen LogP contribution in [0.25, 0.3) is 0 Å². The number of ether oxygens (including phenoxy) is 1. The lowest BCUT2D eigenvalue weighted by atomic mass is 10.2. The number of rotatable bonds is 8. The Balaban J connectivity index is 1.44. The summed E-state index contributed by atoms with van der Waals surface area (Å²) >= 11 is 0. The molecular formula is C29H27FN4O3. The summed E-state index contributed by atoms with van der Waals surface area (Å²) in [4.78, 5) is 26.9. The van der Waals surface area contributed by atoms with Gasteiger partial charge in [-0.2, -0.15) is 0 Å². The first kappa shape index (κ1) is 25.2. The fraction of sp³-hybridized carbons (Fsp3) is 0.103. The number of carbonyl (C=O) groups excluding carboxylic acids is 2. The van der Waals surface area contributed by atoms with Crippen molar-refractivity contribution in [3.05, 3.63) is 115 Å². The van der Waals surface area contributed by atoms with E-state index in [0.717, 1.165) is 5.56 Å². The summed E-state index contributed by atoms with van der Waals surface area (Å²) in [5.74, 6) is 0.742. The molecule has 0 fully saturated rings. The number of para-hydroxylation sites is 2. The third kappa shape index (κ3) is 7.32. The van der Waals surface area contributed by atoms with Crippen molar-refractivity contribution >= 4 is 29.1 Å². The van der Waals surface area contributed by atoms with Gasteiger partial charge in [0.25, 0.3) is 0 Å². The van der Waals surface area contributed by atoms with E-state index in [-0.39, 0.29) is 18.8 Å². The smallest absolute Gasteiger partial charge is 0.326 e. The summed E-state index contributed by atoms with van der Waals surface area (Å²) in [5, 5.41) is 8.12. The number of urea groups is 2. The number of nitrogens with one attached hydrogen (secondary N) is 3. The third-order valence-electron chi connectivity index (χ3n) is 5.38. The largest absolute Gasteiger partial charge is 0.457 e. The van der Waals surface area contributed by atoms with Crippen molar-refractivity contribution < 1.29 is 18.7 Å². The van der Waals surface area contributed by atoms with Gasteiger partial charge in [-0.25, -0.2) is 14.0 Å². The lowest BCUT2D eigenvalue weighted by molar-refractivity contribution is 0.250. The molecule has 4 aromatic carbocycles. The summed E-state index contributed by atoms with van der Waals surface area (Å²) < 4.78 is 20.0. The molecule has 0 atom stereocenters. The highest BCUT2D eigenvalue weighted by atomic mass is 19.1. The van der Waals surface area contributed by atoms with Crippen LogP contribution in [0.3, 0.4) is 0 Å². The quantitative estimate of drug-likeness (QED) is 0.250. The molecule has 0 saturated carbocycles. The van der Waals surface area contributed by atoms with Crippen LogP contribution in [0.15, 0.2) is 103 Å². The summed E-state index contributed by atoms with van der Waals surface area (Å²) in [6.45, 7) is 2.23. The molecule has 3 N–H and O–H groups in total. The molecule has 0 radical (unpaired) electrons. The van der Waals surface area contributed by atoms with Crippen LogP contribution >= 0.6 is 0 Å². The zero-order valence-corrected chi connectivity index (χ0v) is 20.3. The van der Waals surface area contributed by atoms with Crippen LogP contribution in [0.5, 0.6) is 11.5 Å². The molecule has 4 amide bonds. The lowest BCUT2D eigenvalue weighted by Gasteiger charge is -2.24. The number of halogens is 1. The zero-order valence-electron chi connectivity index (χ0n) is 20.3. The Labute approximate surface area is 214 Å². The maximum atomic E-state index is 14.2. The van der Waals surface area contributed by atoms with Gasteiger partial charge in [0, 0.05) is 24.5 Å². The van der Waals surface area contributed by atoms with Crippen molar-refractivity contribution in [1.29, 1.82) is 0 Å². The monoisotopic (exact) mass is 498 g/mol. The van der Waals surface area contributed by atoms with Crippen molar-refractivity contribution in [2.75, 3.05) is 28.6 Å². The topological polar surface area (TPSA) is 82.7 Å². The maximum absolute atomic E-state index is 14.2. The number of anilines is 3. The predicted octanol–water partition coefficient (Wildman–Crippen LogP) is 6.79. The van der Waals surface area contributed by atoms with Crippen molar-refractivity contribution in [2.45, 2.75) is 6.92 Å². The molecule has 0 unspecified atom stereocenters. The molecule has 0 bridgehead atoms.